The molecule has 0 amide bonds. The molecule has 30 heavy (non-hydrogen) atoms. The number of carboxylic acid groups (broad SMARTS) is 1. The van der Waals surface area contributed by atoms with Gasteiger partial charge in [-0.05, 0) is 49.7 Å². The zero-order chi connectivity index (χ0) is 20.5. The number of piperidine rings is 1. The van der Waals surface area contributed by atoms with Crippen molar-refractivity contribution in [2.45, 2.75) is 45.1 Å². The van der Waals surface area contributed by atoms with Crippen LogP contribution in [0, 0.1) is 5.92 Å². The topological polar surface area (TPSA) is 78.3 Å². The van der Waals surface area contributed by atoms with Crippen LogP contribution in [0.15, 0.2) is 30.3 Å². The minimum atomic E-state index is -0.692. The molecule has 156 valence electrons. The Hall–Kier alpha value is -2.67. The van der Waals surface area contributed by atoms with Crippen molar-refractivity contribution in [3.05, 3.63) is 46.3 Å². The van der Waals surface area contributed by atoms with Crippen molar-refractivity contribution in [1.29, 1.82) is 0 Å². The molecule has 0 spiro atoms. The van der Waals surface area contributed by atoms with Gasteiger partial charge >= 0.3 is 5.97 Å². The van der Waals surface area contributed by atoms with Gasteiger partial charge in [0.05, 0.1) is 11.3 Å². The molecule has 0 bridgehead atoms. The van der Waals surface area contributed by atoms with Crippen LogP contribution in [0.5, 0.6) is 0 Å². The molecule has 0 unspecified atom stereocenters. The number of thiophene rings is 1. The third-order valence-electron chi connectivity index (χ3n) is 6.23. The normalized spacial score (nSPS) is 17.1. The monoisotopic (exact) mass is 422 g/mol. The van der Waals surface area contributed by atoms with E-state index in [-0.39, 0.29) is 5.92 Å². The first-order valence-electron chi connectivity index (χ1n) is 10.8. The lowest BCUT2D eigenvalue weighted by molar-refractivity contribution is -0.142. The second kappa shape index (κ2) is 8.22. The van der Waals surface area contributed by atoms with Crippen LogP contribution in [0.3, 0.4) is 0 Å². The van der Waals surface area contributed by atoms with E-state index in [1.54, 1.807) is 0 Å². The predicted octanol–water partition coefficient (Wildman–Crippen LogP) is 4.48. The van der Waals surface area contributed by atoms with Gasteiger partial charge in [0.1, 0.15) is 10.6 Å². The number of aliphatic carboxylic acids is 1. The van der Waals surface area contributed by atoms with Gasteiger partial charge in [0.25, 0.3) is 0 Å². The van der Waals surface area contributed by atoms with Gasteiger partial charge in [-0.25, -0.2) is 4.98 Å². The van der Waals surface area contributed by atoms with Crippen LogP contribution in [0.1, 0.15) is 41.7 Å². The molecule has 1 aliphatic carbocycles. The summed E-state index contributed by atoms with van der Waals surface area (Å²) >= 11 is 1.81. The van der Waals surface area contributed by atoms with E-state index < -0.39 is 5.97 Å². The van der Waals surface area contributed by atoms with Crippen molar-refractivity contribution in [3.8, 4) is 0 Å². The quantitative estimate of drug-likeness (QED) is 0.631. The summed E-state index contributed by atoms with van der Waals surface area (Å²) < 4.78 is 0. The molecule has 0 saturated carbocycles. The maximum Gasteiger partial charge on any atom is 0.306 e. The first-order valence-corrected chi connectivity index (χ1v) is 11.6. The number of carboxylic acids is 1. The average molecular weight is 423 g/mol. The van der Waals surface area contributed by atoms with E-state index >= 15 is 0 Å². The largest absolute Gasteiger partial charge is 0.481 e. The second-order valence-corrected chi connectivity index (χ2v) is 9.29. The number of nitrogens with zero attached hydrogens (tertiary/aromatic N) is 3. The molecule has 0 atom stereocenters. The Bertz CT molecular complexity index is 1060. The summed E-state index contributed by atoms with van der Waals surface area (Å²) in [6, 6.07) is 10.4. The van der Waals surface area contributed by atoms with Crippen molar-refractivity contribution >= 4 is 39.3 Å². The first-order chi connectivity index (χ1) is 14.7. The minimum absolute atomic E-state index is 0.255. The number of nitrogens with one attached hydrogen (secondary N) is 1. The Kier molecular flexibility index (Phi) is 5.29. The summed E-state index contributed by atoms with van der Waals surface area (Å²) in [7, 11) is 0. The molecule has 2 aromatic heterocycles. The number of rotatable bonds is 5. The molecule has 1 aliphatic heterocycles. The Morgan fingerprint density at radius 2 is 1.90 bits per heavy atom. The standard InChI is InChI=1S/C23H26N4O2S/c28-22(29)16-10-12-27(13-11-16)23-25-20(24-14-15-6-2-1-3-7-15)19-17-8-4-5-9-18(17)30-21(19)26-23/h1-3,6-7,16H,4-5,8-14H2,(H,28,29)(H,24,25,26). The molecule has 0 radical (unpaired) electrons. The van der Waals surface area contributed by atoms with Crippen LogP contribution < -0.4 is 10.2 Å². The maximum absolute atomic E-state index is 11.3. The highest BCUT2D eigenvalue weighted by Crippen LogP contribution is 2.40. The summed E-state index contributed by atoms with van der Waals surface area (Å²) in [6.45, 7) is 2.09. The molecule has 2 N–H and O–H groups in total. The molecule has 2 aliphatic rings. The summed E-state index contributed by atoms with van der Waals surface area (Å²) in [4.78, 5) is 25.8. The van der Waals surface area contributed by atoms with Crippen LogP contribution in [0.25, 0.3) is 10.2 Å². The van der Waals surface area contributed by atoms with E-state index in [0.29, 0.717) is 25.9 Å². The smallest absolute Gasteiger partial charge is 0.306 e. The van der Waals surface area contributed by atoms with Crippen LogP contribution in [-0.2, 0) is 24.2 Å². The average Bonchev–Trinajstić information content (AvgIpc) is 3.17. The third-order valence-corrected chi connectivity index (χ3v) is 7.42. The fraction of sp³-hybridized carbons (Fsp3) is 0.435. The van der Waals surface area contributed by atoms with Gasteiger partial charge in [-0.3, -0.25) is 4.79 Å². The van der Waals surface area contributed by atoms with Crippen LogP contribution >= 0.6 is 11.3 Å². The van der Waals surface area contributed by atoms with Gasteiger partial charge in [0.15, 0.2) is 0 Å². The Morgan fingerprint density at radius 3 is 2.67 bits per heavy atom. The molecule has 1 aromatic carbocycles. The molecule has 3 aromatic rings. The van der Waals surface area contributed by atoms with Gasteiger partial charge in [0.2, 0.25) is 5.95 Å². The fourth-order valence-electron chi connectivity index (χ4n) is 4.52. The lowest BCUT2D eigenvalue weighted by Gasteiger charge is -2.30. The highest BCUT2D eigenvalue weighted by Gasteiger charge is 2.27. The molecule has 7 heteroatoms. The van der Waals surface area contributed by atoms with Gasteiger partial charge in [-0.1, -0.05) is 30.3 Å². The third kappa shape index (κ3) is 3.74. The van der Waals surface area contributed by atoms with Gasteiger partial charge in [-0.2, -0.15) is 4.98 Å². The summed E-state index contributed by atoms with van der Waals surface area (Å²) in [6.07, 6.45) is 5.99. The zero-order valence-corrected chi connectivity index (χ0v) is 17.7. The van der Waals surface area contributed by atoms with E-state index in [0.717, 1.165) is 36.0 Å². The molecular weight excluding hydrogens is 396 g/mol. The maximum atomic E-state index is 11.3. The first kappa shape index (κ1) is 19.3. The summed E-state index contributed by atoms with van der Waals surface area (Å²) in [5.41, 5.74) is 2.64. The number of carbonyl (C=O) groups is 1. The molecular formula is C23H26N4O2S. The van der Waals surface area contributed by atoms with Crippen LogP contribution in [0.4, 0.5) is 11.8 Å². The molecule has 3 heterocycles. The number of benzene rings is 1. The second-order valence-electron chi connectivity index (χ2n) is 8.20. The number of aryl methyl sites for hydroxylation is 2. The number of anilines is 2. The van der Waals surface area contributed by atoms with Crippen molar-refractivity contribution in [2.75, 3.05) is 23.3 Å². The molecule has 1 saturated heterocycles. The lowest BCUT2D eigenvalue weighted by atomic mass is 9.97. The van der Waals surface area contributed by atoms with E-state index in [4.69, 9.17) is 9.97 Å². The molecule has 1 fully saturated rings. The van der Waals surface area contributed by atoms with Crippen molar-refractivity contribution in [1.82, 2.24) is 9.97 Å². The van der Waals surface area contributed by atoms with Crippen LogP contribution in [-0.4, -0.2) is 34.1 Å². The highest BCUT2D eigenvalue weighted by atomic mass is 32.1. The van der Waals surface area contributed by atoms with Crippen molar-refractivity contribution < 1.29 is 9.90 Å². The molecule has 6 nitrogen and oxygen atoms in total. The van der Waals surface area contributed by atoms with E-state index in [1.165, 1.54) is 34.2 Å². The van der Waals surface area contributed by atoms with E-state index in [1.807, 2.05) is 17.4 Å². The lowest BCUT2D eigenvalue weighted by Crippen LogP contribution is -2.37. The number of hydrogen-bond donors (Lipinski definition) is 2. The van der Waals surface area contributed by atoms with Crippen LogP contribution in [0.2, 0.25) is 0 Å². The number of fused-ring (bicyclic) bond motifs is 3. The Labute approximate surface area is 180 Å². The zero-order valence-electron chi connectivity index (χ0n) is 16.9. The SMILES string of the molecule is O=C(O)C1CCN(c2nc(NCc3ccccc3)c3c4c(sc3n2)CCCC4)CC1. The number of hydrogen-bond acceptors (Lipinski definition) is 6. The Balaban J connectivity index is 1.49. The summed E-state index contributed by atoms with van der Waals surface area (Å²) in [5.74, 6) is 0.691. The summed E-state index contributed by atoms with van der Waals surface area (Å²) in [5, 5.41) is 14.1. The van der Waals surface area contributed by atoms with Crippen molar-refractivity contribution in [2.24, 2.45) is 5.92 Å². The fourth-order valence-corrected chi connectivity index (χ4v) is 5.78. The van der Waals surface area contributed by atoms with Gasteiger partial charge in [-0.15, -0.1) is 11.3 Å². The van der Waals surface area contributed by atoms with E-state index in [9.17, 15) is 9.90 Å². The van der Waals surface area contributed by atoms with Gasteiger partial charge in [0, 0.05) is 24.5 Å². The Morgan fingerprint density at radius 1 is 1.13 bits per heavy atom. The predicted molar refractivity (Wildman–Crippen MR) is 120 cm³/mol. The van der Waals surface area contributed by atoms with Crippen molar-refractivity contribution in [3.63, 3.8) is 0 Å². The molecule has 5 rings (SSSR count). The highest BCUT2D eigenvalue weighted by molar-refractivity contribution is 7.19. The minimum Gasteiger partial charge on any atom is -0.481 e. The number of aromatic nitrogens is 2. The van der Waals surface area contributed by atoms with E-state index in [2.05, 4.69) is 34.5 Å². The van der Waals surface area contributed by atoms with Gasteiger partial charge < -0.3 is 15.3 Å².